The summed E-state index contributed by atoms with van der Waals surface area (Å²) in [5.41, 5.74) is 0.128. The van der Waals surface area contributed by atoms with Crippen LogP contribution in [0.3, 0.4) is 0 Å². The molecule has 1 aromatic carbocycles. The highest BCUT2D eigenvalue weighted by Gasteiger charge is 2.30. The van der Waals surface area contributed by atoms with Gasteiger partial charge in [0.15, 0.2) is 0 Å². The van der Waals surface area contributed by atoms with Crippen LogP contribution >= 0.6 is 0 Å². The zero-order valence-electron chi connectivity index (χ0n) is 10.0. The van der Waals surface area contributed by atoms with Gasteiger partial charge in [-0.2, -0.15) is 0 Å². The number of ether oxygens (including phenoxy) is 1. The first-order valence-electron chi connectivity index (χ1n) is 5.37. The van der Waals surface area contributed by atoms with E-state index in [2.05, 4.69) is 15.4 Å². The molecule has 0 spiro atoms. The van der Waals surface area contributed by atoms with Crippen molar-refractivity contribution in [3.63, 3.8) is 0 Å². The largest absolute Gasteiger partial charge is 0.573 e. The first kappa shape index (κ1) is 15.8. The summed E-state index contributed by atoms with van der Waals surface area (Å²) in [5.74, 6) is -2.40. The molecule has 20 heavy (non-hydrogen) atoms. The average Bonchev–Trinajstić information content (AvgIpc) is 2.36. The Labute approximate surface area is 111 Å². The molecule has 0 aliphatic rings. The van der Waals surface area contributed by atoms with Crippen LogP contribution < -0.4 is 15.4 Å². The molecule has 0 aromatic heterocycles. The first-order chi connectivity index (χ1) is 9.31. The van der Waals surface area contributed by atoms with E-state index in [1.165, 1.54) is 0 Å². The summed E-state index contributed by atoms with van der Waals surface area (Å²) < 4.78 is 39.4. The number of rotatable bonds is 4. The zero-order valence-corrected chi connectivity index (χ0v) is 10.0. The summed E-state index contributed by atoms with van der Waals surface area (Å²) >= 11 is 0. The van der Waals surface area contributed by atoms with Crippen LogP contribution in [0.2, 0.25) is 0 Å². The van der Waals surface area contributed by atoms with Gasteiger partial charge >= 0.3 is 18.2 Å². The van der Waals surface area contributed by atoms with Gasteiger partial charge < -0.3 is 20.5 Å². The molecule has 0 bridgehead atoms. The number of aliphatic hydroxyl groups excluding tert-OH is 1. The van der Waals surface area contributed by atoms with Crippen LogP contribution in [0, 0.1) is 0 Å². The van der Waals surface area contributed by atoms with Gasteiger partial charge in [-0.3, -0.25) is 9.59 Å². The lowest BCUT2D eigenvalue weighted by molar-refractivity contribution is -0.274. The van der Waals surface area contributed by atoms with E-state index in [1.807, 2.05) is 0 Å². The summed E-state index contributed by atoms with van der Waals surface area (Å²) in [6.07, 6.45) is -4.80. The first-order valence-corrected chi connectivity index (χ1v) is 5.37. The molecule has 0 radical (unpaired) electrons. The molecular formula is C11H11F3N2O4. The zero-order chi connectivity index (χ0) is 15.2. The summed E-state index contributed by atoms with van der Waals surface area (Å²) in [6.45, 7) is -0.396. The van der Waals surface area contributed by atoms with E-state index in [-0.39, 0.29) is 18.8 Å². The van der Waals surface area contributed by atoms with Gasteiger partial charge in [0.25, 0.3) is 0 Å². The van der Waals surface area contributed by atoms with Crippen molar-refractivity contribution in [1.29, 1.82) is 0 Å². The Kier molecular flexibility index (Phi) is 5.32. The van der Waals surface area contributed by atoms with E-state index in [0.717, 1.165) is 24.3 Å². The van der Waals surface area contributed by atoms with Gasteiger partial charge in [-0.15, -0.1) is 13.2 Å². The maximum absolute atomic E-state index is 11.9. The Balaban J connectivity index is 2.57. The predicted octanol–water partition coefficient (Wildman–Crippen LogP) is 0.632. The molecule has 6 nitrogen and oxygen atoms in total. The van der Waals surface area contributed by atoms with E-state index in [4.69, 9.17) is 5.11 Å². The van der Waals surface area contributed by atoms with Crippen molar-refractivity contribution >= 4 is 17.5 Å². The van der Waals surface area contributed by atoms with Crippen LogP contribution in [0.25, 0.3) is 0 Å². The van der Waals surface area contributed by atoms with E-state index < -0.39 is 23.9 Å². The van der Waals surface area contributed by atoms with Gasteiger partial charge in [-0.25, -0.2) is 0 Å². The SMILES string of the molecule is O=C(NCCO)C(=O)Nc1ccc(OC(F)(F)F)cc1. The predicted molar refractivity (Wildman–Crippen MR) is 61.9 cm³/mol. The third-order valence-corrected chi connectivity index (χ3v) is 1.95. The van der Waals surface area contributed by atoms with E-state index >= 15 is 0 Å². The van der Waals surface area contributed by atoms with Crippen LogP contribution in [0.4, 0.5) is 18.9 Å². The topological polar surface area (TPSA) is 87.7 Å². The molecule has 110 valence electrons. The lowest BCUT2D eigenvalue weighted by atomic mass is 10.3. The van der Waals surface area contributed by atoms with Crippen molar-refractivity contribution in [2.24, 2.45) is 0 Å². The Morgan fingerprint density at radius 2 is 1.75 bits per heavy atom. The number of nitrogens with one attached hydrogen (secondary N) is 2. The van der Waals surface area contributed by atoms with Crippen LogP contribution in [0.1, 0.15) is 0 Å². The van der Waals surface area contributed by atoms with Crippen molar-refractivity contribution < 1.29 is 32.6 Å². The molecule has 1 aromatic rings. The second kappa shape index (κ2) is 6.75. The molecule has 0 fully saturated rings. The summed E-state index contributed by atoms with van der Waals surface area (Å²) in [4.78, 5) is 22.5. The highest BCUT2D eigenvalue weighted by atomic mass is 19.4. The summed E-state index contributed by atoms with van der Waals surface area (Å²) in [7, 11) is 0. The molecule has 0 heterocycles. The number of alkyl halides is 3. The van der Waals surface area contributed by atoms with Crippen molar-refractivity contribution in [3.8, 4) is 5.75 Å². The number of anilines is 1. The Morgan fingerprint density at radius 3 is 2.25 bits per heavy atom. The van der Waals surface area contributed by atoms with Crippen molar-refractivity contribution in [1.82, 2.24) is 5.32 Å². The van der Waals surface area contributed by atoms with Crippen LogP contribution in [-0.4, -0.2) is 36.4 Å². The number of halogens is 3. The quantitative estimate of drug-likeness (QED) is 0.710. The minimum Gasteiger partial charge on any atom is -0.406 e. The van der Waals surface area contributed by atoms with E-state index in [1.54, 1.807) is 0 Å². The molecule has 0 unspecified atom stereocenters. The lowest BCUT2D eigenvalue weighted by Gasteiger charge is -2.09. The van der Waals surface area contributed by atoms with E-state index in [9.17, 15) is 22.8 Å². The molecule has 2 amide bonds. The highest BCUT2D eigenvalue weighted by molar-refractivity contribution is 6.39. The molecular weight excluding hydrogens is 281 g/mol. The maximum atomic E-state index is 11.9. The Morgan fingerprint density at radius 1 is 1.15 bits per heavy atom. The Bertz CT molecular complexity index is 474. The Hall–Kier alpha value is -2.29. The maximum Gasteiger partial charge on any atom is 0.573 e. The molecule has 0 saturated heterocycles. The standard InChI is InChI=1S/C11H11F3N2O4/c12-11(13,14)20-8-3-1-7(2-4-8)16-10(19)9(18)15-5-6-17/h1-4,17H,5-6H2,(H,15,18)(H,16,19). The molecule has 0 atom stereocenters. The van der Waals surface area contributed by atoms with Crippen LogP contribution in [-0.2, 0) is 9.59 Å². The van der Waals surface area contributed by atoms with Gasteiger partial charge in [0.2, 0.25) is 0 Å². The van der Waals surface area contributed by atoms with Gasteiger partial charge in [0, 0.05) is 12.2 Å². The minimum atomic E-state index is -4.80. The fourth-order valence-corrected chi connectivity index (χ4v) is 1.18. The molecule has 0 aliphatic heterocycles. The van der Waals surface area contributed by atoms with Crippen LogP contribution in [0.5, 0.6) is 5.75 Å². The third kappa shape index (κ3) is 5.57. The number of carbonyl (C=O) groups is 2. The number of carbonyl (C=O) groups excluding carboxylic acids is 2. The smallest absolute Gasteiger partial charge is 0.406 e. The van der Waals surface area contributed by atoms with Crippen molar-refractivity contribution in [3.05, 3.63) is 24.3 Å². The fraction of sp³-hybridized carbons (Fsp3) is 0.273. The molecule has 9 heteroatoms. The third-order valence-electron chi connectivity index (χ3n) is 1.95. The molecule has 1 rings (SSSR count). The number of hydrogen-bond acceptors (Lipinski definition) is 4. The lowest BCUT2D eigenvalue weighted by Crippen LogP contribution is -2.36. The second-order valence-electron chi connectivity index (χ2n) is 3.51. The molecule has 0 aliphatic carbocycles. The summed E-state index contributed by atoms with van der Waals surface area (Å²) in [6, 6.07) is 4.29. The van der Waals surface area contributed by atoms with Gasteiger partial charge in [0.05, 0.1) is 6.61 Å². The number of aliphatic hydroxyl groups is 1. The fourth-order valence-electron chi connectivity index (χ4n) is 1.18. The number of amides is 2. The molecule has 0 saturated carbocycles. The monoisotopic (exact) mass is 292 g/mol. The van der Waals surface area contributed by atoms with E-state index in [0.29, 0.717) is 0 Å². The van der Waals surface area contributed by atoms with Crippen molar-refractivity contribution in [2.75, 3.05) is 18.5 Å². The van der Waals surface area contributed by atoms with Gasteiger partial charge in [-0.05, 0) is 24.3 Å². The summed E-state index contributed by atoms with van der Waals surface area (Å²) in [5, 5.41) is 12.7. The normalized spacial score (nSPS) is 10.8. The molecule has 3 N–H and O–H groups in total. The number of benzene rings is 1. The van der Waals surface area contributed by atoms with Crippen molar-refractivity contribution in [2.45, 2.75) is 6.36 Å². The second-order valence-corrected chi connectivity index (χ2v) is 3.51. The highest BCUT2D eigenvalue weighted by Crippen LogP contribution is 2.23. The number of hydrogen-bond donors (Lipinski definition) is 3. The van der Waals surface area contributed by atoms with Crippen LogP contribution in [0.15, 0.2) is 24.3 Å². The van der Waals surface area contributed by atoms with Gasteiger partial charge in [-0.1, -0.05) is 0 Å². The minimum absolute atomic E-state index is 0.0788. The average molecular weight is 292 g/mol. The van der Waals surface area contributed by atoms with Gasteiger partial charge in [0.1, 0.15) is 5.75 Å².